The smallest absolute Gasteiger partial charge is 0.136 e. The summed E-state index contributed by atoms with van der Waals surface area (Å²) in [5.41, 5.74) is 7.56. The Morgan fingerprint density at radius 3 is 1.95 bits per heavy atom. The summed E-state index contributed by atoms with van der Waals surface area (Å²) in [7, 11) is 0. The molecule has 0 aliphatic heterocycles. The Morgan fingerprint density at radius 2 is 1.07 bits per heavy atom. The predicted molar refractivity (Wildman–Crippen MR) is 184 cm³/mol. The van der Waals surface area contributed by atoms with Crippen LogP contribution in [0.15, 0.2) is 156 Å². The van der Waals surface area contributed by atoms with Crippen molar-refractivity contribution in [1.82, 2.24) is 0 Å². The summed E-state index contributed by atoms with van der Waals surface area (Å²) in [6.45, 7) is 0. The number of fused-ring (bicyclic) bond motifs is 8. The molecular formula is C40H25NOS. The molecule has 9 rings (SSSR count). The van der Waals surface area contributed by atoms with Gasteiger partial charge in [0.1, 0.15) is 11.2 Å². The van der Waals surface area contributed by atoms with Crippen LogP contribution in [0.4, 0.5) is 17.1 Å². The minimum absolute atomic E-state index is 0.898. The van der Waals surface area contributed by atoms with E-state index in [2.05, 4.69) is 157 Å². The van der Waals surface area contributed by atoms with Gasteiger partial charge in [0.15, 0.2) is 0 Å². The number of furan rings is 1. The van der Waals surface area contributed by atoms with E-state index in [-0.39, 0.29) is 0 Å². The highest BCUT2D eigenvalue weighted by Crippen LogP contribution is 2.43. The van der Waals surface area contributed by atoms with Crippen molar-refractivity contribution in [3.8, 4) is 11.1 Å². The number of hydrogen-bond donors (Lipinski definition) is 0. The van der Waals surface area contributed by atoms with Crippen LogP contribution in [0.25, 0.3) is 64.0 Å². The third-order valence-electron chi connectivity index (χ3n) is 8.45. The summed E-state index contributed by atoms with van der Waals surface area (Å²) in [5, 5.41) is 7.32. The number of nitrogens with zero attached hydrogens (tertiary/aromatic N) is 1. The van der Waals surface area contributed by atoms with Crippen molar-refractivity contribution >= 4 is 81.3 Å². The van der Waals surface area contributed by atoms with Crippen molar-refractivity contribution in [2.45, 2.75) is 0 Å². The lowest BCUT2D eigenvalue weighted by atomic mass is 10.0. The van der Waals surface area contributed by atoms with Crippen molar-refractivity contribution in [3.63, 3.8) is 0 Å². The second-order valence-electron chi connectivity index (χ2n) is 11.0. The molecular weight excluding hydrogens is 543 g/mol. The molecule has 0 aliphatic rings. The molecule has 0 atom stereocenters. The summed E-state index contributed by atoms with van der Waals surface area (Å²) in [6, 6.07) is 54.3. The SMILES string of the molecule is c1ccc(-c2ccc(N(c3ccc4c(c3)sc3ccccc34)c3ccc4oc5ccc6ccccc6c5c4c3)cc2)cc1. The summed E-state index contributed by atoms with van der Waals surface area (Å²) in [5.74, 6) is 0. The highest BCUT2D eigenvalue weighted by molar-refractivity contribution is 7.25. The molecule has 0 amide bonds. The van der Waals surface area contributed by atoms with Crippen LogP contribution >= 0.6 is 11.3 Å². The normalized spacial score (nSPS) is 11.7. The van der Waals surface area contributed by atoms with Crippen molar-refractivity contribution in [3.05, 3.63) is 152 Å². The maximum Gasteiger partial charge on any atom is 0.136 e. The monoisotopic (exact) mass is 567 g/mol. The van der Waals surface area contributed by atoms with Gasteiger partial charge in [0, 0.05) is 48.0 Å². The molecule has 0 fully saturated rings. The molecule has 0 saturated carbocycles. The molecule has 0 saturated heterocycles. The van der Waals surface area contributed by atoms with E-state index in [4.69, 9.17) is 4.42 Å². The number of rotatable bonds is 4. The Labute approximate surface area is 252 Å². The van der Waals surface area contributed by atoms with E-state index in [9.17, 15) is 0 Å². The maximum absolute atomic E-state index is 6.35. The van der Waals surface area contributed by atoms with Gasteiger partial charge in [-0.05, 0) is 76.5 Å². The topological polar surface area (TPSA) is 16.4 Å². The molecule has 43 heavy (non-hydrogen) atoms. The molecule has 3 heteroatoms. The molecule has 0 N–H and O–H groups in total. The number of benzene rings is 7. The molecule has 2 heterocycles. The van der Waals surface area contributed by atoms with Crippen LogP contribution in [0, 0.1) is 0 Å². The van der Waals surface area contributed by atoms with Gasteiger partial charge >= 0.3 is 0 Å². The maximum atomic E-state index is 6.35. The number of anilines is 3. The zero-order valence-electron chi connectivity index (χ0n) is 23.2. The van der Waals surface area contributed by atoms with Gasteiger partial charge in [0.05, 0.1) is 0 Å². The zero-order chi connectivity index (χ0) is 28.3. The molecule has 0 radical (unpaired) electrons. The summed E-state index contributed by atoms with van der Waals surface area (Å²) in [6.07, 6.45) is 0. The van der Waals surface area contributed by atoms with Gasteiger partial charge in [-0.15, -0.1) is 11.3 Å². The zero-order valence-corrected chi connectivity index (χ0v) is 24.0. The van der Waals surface area contributed by atoms with E-state index in [1.807, 2.05) is 11.3 Å². The van der Waals surface area contributed by atoms with Crippen LogP contribution in [-0.4, -0.2) is 0 Å². The van der Waals surface area contributed by atoms with Crippen LogP contribution in [0.2, 0.25) is 0 Å². The van der Waals surface area contributed by atoms with Crippen molar-refractivity contribution in [2.24, 2.45) is 0 Å². The van der Waals surface area contributed by atoms with Gasteiger partial charge in [-0.1, -0.05) is 97.1 Å². The van der Waals surface area contributed by atoms with Crippen molar-refractivity contribution in [2.75, 3.05) is 4.90 Å². The summed E-state index contributed by atoms with van der Waals surface area (Å²) in [4.78, 5) is 2.36. The largest absolute Gasteiger partial charge is 0.456 e. The molecule has 2 aromatic heterocycles. The van der Waals surface area contributed by atoms with Crippen LogP contribution < -0.4 is 4.90 Å². The lowest BCUT2D eigenvalue weighted by Crippen LogP contribution is -2.09. The van der Waals surface area contributed by atoms with E-state index in [1.54, 1.807) is 0 Å². The van der Waals surface area contributed by atoms with E-state index in [0.717, 1.165) is 39.0 Å². The first-order chi connectivity index (χ1) is 21.3. The van der Waals surface area contributed by atoms with Gasteiger partial charge in [0.2, 0.25) is 0 Å². The van der Waals surface area contributed by atoms with Gasteiger partial charge in [-0.25, -0.2) is 0 Å². The summed E-state index contributed by atoms with van der Waals surface area (Å²) < 4.78 is 8.94. The molecule has 202 valence electrons. The first kappa shape index (κ1) is 24.2. The Hall–Kier alpha value is -5.38. The van der Waals surface area contributed by atoms with Crippen molar-refractivity contribution in [1.29, 1.82) is 0 Å². The van der Waals surface area contributed by atoms with Gasteiger partial charge < -0.3 is 9.32 Å². The molecule has 0 spiro atoms. The predicted octanol–water partition coefficient (Wildman–Crippen LogP) is 12.2. The molecule has 0 unspecified atom stereocenters. The van der Waals surface area contributed by atoms with Crippen LogP contribution in [0.1, 0.15) is 0 Å². The van der Waals surface area contributed by atoms with Gasteiger partial charge in [-0.2, -0.15) is 0 Å². The number of hydrogen-bond acceptors (Lipinski definition) is 3. The second-order valence-corrected chi connectivity index (χ2v) is 12.1. The van der Waals surface area contributed by atoms with E-state index in [0.29, 0.717) is 0 Å². The average Bonchev–Trinajstić information content (AvgIpc) is 3.63. The average molecular weight is 568 g/mol. The fourth-order valence-corrected chi connectivity index (χ4v) is 7.55. The van der Waals surface area contributed by atoms with Crippen LogP contribution in [0.3, 0.4) is 0 Å². The Kier molecular flexibility index (Phi) is 5.40. The lowest BCUT2D eigenvalue weighted by Gasteiger charge is -2.26. The molecule has 2 nitrogen and oxygen atoms in total. The van der Waals surface area contributed by atoms with Crippen LogP contribution in [-0.2, 0) is 0 Å². The van der Waals surface area contributed by atoms with Gasteiger partial charge in [-0.3, -0.25) is 0 Å². The molecule has 9 aromatic rings. The second kappa shape index (κ2) is 9.59. The fourth-order valence-electron chi connectivity index (χ4n) is 6.41. The minimum atomic E-state index is 0.898. The number of thiophene rings is 1. The molecule has 7 aromatic carbocycles. The highest BCUT2D eigenvalue weighted by Gasteiger charge is 2.18. The first-order valence-electron chi connectivity index (χ1n) is 14.5. The standard InChI is InChI=1S/C40H25NOS/c1-2-8-26(9-3-1)27-14-17-29(18-15-27)41(31-19-21-34-33-12-6-7-13-38(33)43-39(34)25-31)30-20-23-36-35(24-30)40-32-11-5-4-10-28(32)16-22-37(40)42-36/h1-25H. The van der Waals surface area contributed by atoms with Crippen molar-refractivity contribution < 1.29 is 4.42 Å². The minimum Gasteiger partial charge on any atom is -0.456 e. The van der Waals surface area contributed by atoms with E-state index in [1.165, 1.54) is 42.1 Å². The summed E-state index contributed by atoms with van der Waals surface area (Å²) >= 11 is 1.85. The molecule has 0 bridgehead atoms. The highest BCUT2D eigenvalue weighted by atomic mass is 32.1. The fraction of sp³-hybridized carbons (Fsp3) is 0. The van der Waals surface area contributed by atoms with E-state index >= 15 is 0 Å². The van der Waals surface area contributed by atoms with Crippen LogP contribution in [0.5, 0.6) is 0 Å². The van der Waals surface area contributed by atoms with Gasteiger partial charge in [0.25, 0.3) is 0 Å². The Morgan fingerprint density at radius 1 is 0.419 bits per heavy atom. The Bertz CT molecular complexity index is 2450. The third kappa shape index (κ3) is 3.93. The van der Waals surface area contributed by atoms with E-state index < -0.39 is 0 Å². The quantitative estimate of drug-likeness (QED) is 0.210. The Balaban J connectivity index is 1.26. The molecule has 0 aliphatic carbocycles. The lowest BCUT2D eigenvalue weighted by molar-refractivity contribution is 0.669. The third-order valence-corrected chi connectivity index (χ3v) is 9.59. The first-order valence-corrected chi connectivity index (χ1v) is 15.3.